The molecule has 0 bridgehead atoms. The molecular formula is C15H14Cl2FN. The smallest absolute Gasteiger partial charge is 0.127 e. The van der Waals surface area contributed by atoms with Crippen LogP contribution in [0.3, 0.4) is 0 Å². The maximum absolute atomic E-state index is 13.4. The topological polar surface area (TPSA) is 26.0 Å². The Morgan fingerprint density at radius 1 is 1.21 bits per heavy atom. The summed E-state index contributed by atoms with van der Waals surface area (Å²) in [6.07, 6.45) is 0.603. The molecule has 0 aliphatic carbocycles. The second kappa shape index (κ2) is 5.91. The fourth-order valence-corrected chi connectivity index (χ4v) is 2.49. The summed E-state index contributed by atoms with van der Waals surface area (Å²) in [5.74, 6) is -0.316. The van der Waals surface area contributed by atoms with E-state index in [2.05, 4.69) is 0 Å². The minimum Gasteiger partial charge on any atom is -0.324 e. The second-order valence-corrected chi connectivity index (χ2v) is 5.41. The molecule has 1 atom stereocenters. The van der Waals surface area contributed by atoms with Crippen molar-refractivity contribution in [1.82, 2.24) is 0 Å². The van der Waals surface area contributed by atoms with Crippen LogP contribution in [0.5, 0.6) is 0 Å². The molecule has 2 rings (SSSR count). The molecule has 0 amide bonds. The van der Waals surface area contributed by atoms with Gasteiger partial charge in [0.25, 0.3) is 0 Å². The lowest BCUT2D eigenvalue weighted by molar-refractivity contribution is 0.615. The van der Waals surface area contributed by atoms with Crippen LogP contribution in [0.15, 0.2) is 36.4 Å². The van der Waals surface area contributed by atoms with Crippen LogP contribution < -0.4 is 5.73 Å². The van der Waals surface area contributed by atoms with E-state index in [0.29, 0.717) is 22.0 Å². The predicted octanol–water partition coefficient (Wildman–Crippen LogP) is 4.68. The lowest BCUT2D eigenvalue weighted by atomic mass is 9.98. The number of hydrogen-bond acceptors (Lipinski definition) is 1. The average molecular weight is 298 g/mol. The highest BCUT2D eigenvalue weighted by atomic mass is 35.5. The Morgan fingerprint density at radius 3 is 2.63 bits per heavy atom. The standard InChI is InChI=1S/C15H14Cl2FN/c1-9-5-12(13(17)8-14(9)18)15(19)7-10-3-2-4-11(16)6-10/h2-6,8,15H,7,19H2,1H3. The summed E-state index contributed by atoms with van der Waals surface area (Å²) >= 11 is 12.0. The first-order valence-electron chi connectivity index (χ1n) is 5.93. The summed E-state index contributed by atoms with van der Waals surface area (Å²) in [4.78, 5) is 0. The zero-order valence-electron chi connectivity index (χ0n) is 10.5. The Labute approximate surface area is 122 Å². The number of rotatable bonds is 3. The fourth-order valence-electron chi connectivity index (χ4n) is 1.99. The molecule has 0 aliphatic heterocycles. The third kappa shape index (κ3) is 3.47. The molecule has 0 radical (unpaired) electrons. The van der Waals surface area contributed by atoms with Crippen LogP contribution in [0.2, 0.25) is 10.0 Å². The number of nitrogens with two attached hydrogens (primary N) is 1. The first-order chi connectivity index (χ1) is 8.97. The monoisotopic (exact) mass is 297 g/mol. The quantitative estimate of drug-likeness (QED) is 0.874. The van der Waals surface area contributed by atoms with Crippen LogP contribution in [0.4, 0.5) is 4.39 Å². The van der Waals surface area contributed by atoms with Gasteiger partial charge in [-0.2, -0.15) is 0 Å². The maximum Gasteiger partial charge on any atom is 0.127 e. The summed E-state index contributed by atoms with van der Waals surface area (Å²) in [5, 5.41) is 1.03. The molecule has 19 heavy (non-hydrogen) atoms. The first kappa shape index (κ1) is 14.3. The van der Waals surface area contributed by atoms with Crippen molar-refractivity contribution in [2.75, 3.05) is 0 Å². The van der Waals surface area contributed by atoms with Crippen molar-refractivity contribution in [1.29, 1.82) is 0 Å². The highest BCUT2D eigenvalue weighted by Crippen LogP contribution is 2.27. The third-order valence-corrected chi connectivity index (χ3v) is 3.58. The van der Waals surface area contributed by atoms with Gasteiger partial charge >= 0.3 is 0 Å². The Morgan fingerprint density at radius 2 is 1.95 bits per heavy atom. The van der Waals surface area contributed by atoms with E-state index in [4.69, 9.17) is 28.9 Å². The van der Waals surface area contributed by atoms with Crippen LogP contribution in [-0.2, 0) is 6.42 Å². The molecule has 0 saturated carbocycles. The average Bonchev–Trinajstić information content (AvgIpc) is 2.33. The molecule has 0 aliphatic rings. The summed E-state index contributed by atoms with van der Waals surface area (Å²) in [7, 11) is 0. The molecule has 1 nitrogen and oxygen atoms in total. The van der Waals surface area contributed by atoms with Gasteiger partial charge < -0.3 is 5.73 Å². The van der Waals surface area contributed by atoms with E-state index in [1.54, 1.807) is 13.0 Å². The molecule has 4 heteroatoms. The number of halogens is 3. The molecule has 2 N–H and O–H groups in total. The molecular weight excluding hydrogens is 284 g/mol. The summed E-state index contributed by atoms with van der Waals surface area (Å²) < 4.78 is 13.4. The molecule has 0 aromatic heterocycles. The maximum atomic E-state index is 13.4. The van der Waals surface area contributed by atoms with Gasteiger partial charge in [-0.05, 0) is 48.2 Å². The number of benzene rings is 2. The van der Waals surface area contributed by atoms with E-state index >= 15 is 0 Å². The molecule has 0 fully saturated rings. The second-order valence-electron chi connectivity index (χ2n) is 4.56. The van der Waals surface area contributed by atoms with Gasteiger partial charge in [-0.15, -0.1) is 0 Å². The Kier molecular flexibility index (Phi) is 4.46. The van der Waals surface area contributed by atoms with Crippen molar-refractivity contribution in [3.05, 3.63) is 69.0 Å². The first-order valence-corrected chi connectivity index (χ1v) is 6.68. The minimum atomic E-state index is -0.316. The van der Waals surface area contributed by atoms with Crippen LogP contribution in [0.25, 0.3) is 0 Å². The summed E-state index contributed by atoms with van der Waals surface area (Å²) in [5.41, 5.74) is 8.47. The van der Waals surface area contributed by atoms with E-state index in [0.717, 1.165) is 11.1 Å². The van der Waals surface area contributed by atoms with Gasteiger partial charge in [0.2, 0.25) is 0 Å². The molecule has 1 unspecified atom stereocenters. The zero-order chi connectivity index (χ0) is 14.0. The molecule has 0 saturated heterocycles. The number of aryl methyl sites for hydroxylation is 1. The van der Waals surface area contributed by atoms with Crippen molar-refractivity contribution in [2.24, 2.45) is 5.73 Å². The van der Waals surface area contributed by atoms with Crippen LogP contribution >= 0.6 is 23.2 Å². The summed E-state index contributed by atoms with van der Waals surface area (Å²) in [6.45, 7) is 1.70. The van der Waals surface area contributed by atoms with Crippen molar-refractivity contribution < 1.29 is 4.39 Å². The van der Waals surface area contributed by atoms with Crippen LogP contribution in [-0.4, -0.2) is 0 Å². The van der Waals surface area contributed by atoms with Crippen molar-refractivity contribution in [3.63, 3.8) is 0 Å². The van der Waals surface area contributed by atoms with Crippen molar-refractivity contribution in [2.45, 2.75) is 19.4 Å². The van der Waals surface area contributed by atoms with Gasteiger partial charge in [0.1, 0.15) is 5.82 Å². The molecule has 0 spiro atoms. The van der Waals surface area contributed by atoms with Gasteiger partial charge in [0, 0.05) is 16.1 Å². The molecule has 0 heterocycles. The summed E-state index contributed by atoms with van der Waals surface area (Å²) in [6, 6.07) is 10.2. The molecule has 100 valence electrons. The van der Waals surface area contributed by atoms with Gasteiger partial charge in [-0.25, -0.2) is 4.39 Å². The number of hydrogen-bond donors (Lipinski definition) is 1. The molecule has 2 aromatic rings. The van der Waals surface area contributed by atoms with Crippen LogP contribution in [0, 0.1) is 12.7 Å². The molecule has 2 aromatic carbocycles. The van der Waals surface area contributed by atoms with E-state index in [9.17, 15) is 4.39 Å². The van der Waals surface area contributed by atoms with Gasteiger partial charge in [0.15, 0.2) is 0 Å². The van der Waals surface area contributed by atoms with E-state index < -0.39 is 0 Å². The lowest BCUT2D eigenvalue weighted by Gasteiger charge is -2.15. The largest absolute Gasteiger partial charge is 0.324 e. The predicted molar refractivity (Wildman–Crippen MR) is 78.2 cm³/mol. The van der Waals surface area contributed by atoms with Crippen molar-refractivity contribution >= 4 is 23.2 Å². The van der Waals surface area contributed by atoms with Crippen LogP contribution in [0.1, 0.15) is 22.7 Å². The van der Waals surface area contributed by atoms with E-state index in [1.807, 2.05) is 24.3 Å². The highest BCUT2D eigenvalue weighted by molar-refractivity contribution is 6.31. The van der Waals surface area contributed by atoms with Crippen molar-refractivity contribution in [3.8, 4) is 0 Å². The lowest BCUT2D eigenvalue weighted by Crippen LogP contribution is -2.14. The highest BCUT2D eigenvalue weighted by Gasteiger charge is 2.13. The SMILES string of the molecule is Cc1cc(C(N)Cc2cccc(Cl)c2)c(Cl)cc1F. The third-order valence-electron chi connectivity index (χ3n) is 3.02. The van der Waals surface area contributed by atoms with E-state index in [-0.39, 0.29) is 11.9 Å². The van der Waals surface area contributed by atoms with Gasteiger partial charge in [-0.3, -0.25) is 0 Å². The van der Waals surface area contributed by atoms with Gasteiger partial charge in [0.05, 0.1) is 0 Å². The Balaban J connectivity index is 2.25. The normalized spacial score (nSPS) is 12.5. The fraction of sp³-hybridized carbons (Fsp3) is 0.200. The van der Waals surface area contributed by atoms with Gasteiger partial charge in [-0.1, -0.05) is 41.4 Å². The van der Waals surface area contributed by atoms with E-state index in [1.165, 1.54) is 6.07 Å². The Hall–Kier alpha value is -1.09. The Bertz CT molecular complexity index is 599. The zero-order valence-corrected chi connectivity index (χ0v) is 12.0. The minimum absolute atomic E-state index is 0.287.